The lowest BCUT2D eigenvalue weighted by molar-refractivity contribution is -0.384. The Morgan fingerprint density at radius 1 is 1.41 bits per heavy atom. The third-order valence-electron chi connectivity index (χ3n) is 5.50. The minimum atomic E-state index is -0.501. The van der Waals surface area contributed by atoms with Crippen molar-refractivity contribution < 1.29 is 19.7 Å². The molecule has 1 saturated heterocycles. The molecule has 0 radical (unpaired) electrons. The molecule has 1 aliphatic carbocycles. The van der Waals surface area contributed by atoms with Crippen molar-refractivity contribution in [1.29, 1.82) is 0 Å². The highest BCUT2D eigenvalue weighted by Gasteiger charge is 2.51. The Bertz CT molecular complexity index is 794. The van der Waals surface area contributed by atoms with Crippen LogP contribution >= 0.6 is 0 Å². The summed E-state index contributed by atoms with van der Waals surface area (Å²) in [5, 5.41) is 24.7. The number of carbonyl (C=O) groups excluding carboxylic acids is 1. The van der Waals surface area contributed by atoms with Gasteiger partial charge >= 0.3 is 0 Å². The Labute approximate surface area is 157 Å². The zero-order valence-corrected chi connectivity index (χ0v) is 15.8. The van der Waals surface area contributed by atoms with Crippen LogP contribution in [0.2, 0.25) is 0 Å². The number of benzene rings is 1. The minimum Gasteiger partial charge on any atom is -0.395 e. The highest BCUT2D eigenvalue weighted by atomic mass is 16.7. The van der Waals surface area contributed by atoms with Gasteiger partial charge in [-0.3, -0.25) is 19.7 Å². The average Bonchev–Trinajstić information content (AvgIpc) is 2.65. The van der Waals surface area contributed by atoms with Gasteiger partial charge in [0.15, 0.2) is 0 Å². The van der Waals surface area contributed by atoms with E-state index in [1.165, 1.54) is 12.1 Å². The van der Waals surface area contributed by atoms with Gasteiger partial charge in [0.2, 0.25) is 0 Å². The number of aliphatic hydroxyl groups excluding tert-OH is 1. The second kappa shape index (κ2) is 6.94. The average molecular weight is 375 g/mol. The predicted octanol–water partition coefficient (Wildman–Crippen LogP) is 2.57. The second-order valence-corrected chi connectivity index (χ2v) is 7.63. The van der Waals surface area contributed by atoms with E-state index in [0.717, 1.165) is 12.8 Å². The standard InChI is InChI=1S/C19H25N3O5/c1-13(2)19-8-6-18(3,7-9-19)21(27-19)15-5-4-14(12-16(15)22(25)26)17(24)20-10-11-23/h4-6,8,12-13,23H,7,9-11H2,1-3H3,(H,20,24)/t18-,19+/m1/s1. The summed E-state index contributed by atoms with van der Waals surface area (Å²) in [6, 6.07) is 4.35. The molecule has 0 saturated carbocycles. The van der Waals surface area contributed by atoms with Gasteiger partial charge in [0.25, 0.3) is 11.6 Å². The number of aliphatic hydroxyl groups is 1. The van der Waals surface area contributed by atoms with Crippen LogP contribution in [0.1, 0.15) is 44.0 Å². The molecule has 3 aliphatic rings. The molecular formula is C19H25N3O5. The maximum absolute atomic E-state index is 12.1. The second-order valence-electron chi connectivity index (χ2n) is 7.63. The number of nitrogens with zero attached hydrogens (tertiary/aromatic N) is 2. The van der Waals surface area contributed by atoms with Crippen LogP contribution in [-0.4, -0.2) is 40.2 Å². The van der Waals surface area contributed by atoms with E-state index in [-0.39, 0.29) is 30.3 Å². The van der Waals surface area contributed by atoms with E-state index < -0.39 is 22.0 Å². The van der Waals surface area contributed by atoms with Gasteiger partial charge in [0.1, 0.15) is 11.3 Å². The number of hydrogen-bond acceptors (Lipinski definition) is 6. The number of nitro benzene ring substituents is 1. The lowest BCUT2D eigenvalue weighted by Gasteiger charge is -2.55. The zero-order valence-electron chi connectivity index (χ0n) is 15.8. The first-order chi connectivity index (χ1) is 12.7. The Kier molecular flexibility index (Phi) is 4.96. The van der Waals surface area contributed by atoms with Crippen LogP contribution in [0.15, 0.2) is 30.4 Å². The molecule has 2 N–H and O–H groups in total. The van der Waals surface area contributed by atoms with E-state index in [1.54, 1.807) is 11.1 Å². The Hall–Kier alpha value is -2.45. The van der Waals surface area contributed by atoms with Crippen LogP contribution in [0, 0.1) is 16.0 Å². The summed E-state index contributed by atoms with van der Waals surface area (Å²) in [6.45, 7) is 6.01. The van der Waals surface area contributed by atoms with Crippen LogP contribution in [0.4, 0.5) is 11.4 Å². The topological polar surface area (TPSA) is 105 Å². The molecule has 27 heavy (non-hydrogen) atoms. The summed E-state index contributed by atoms with van der Waals surface area (Å²) in [4.78, 5) is 29.6. The molecule has 1 fully saturated rings. The highest BCUT2D eigenvalue weighted by Crippen LogP contribution is 2.49. The first kappa shape index (κ1) is 19.3. The zero-order chi connectivity index (χ0) is 19.8. The number of hydroxylamine groups is 1. The maximum Gasteiger partial charge on any atom is 0.295 e. The Morgan fingerprint density at radius 3 is 2.70 bits per heavy atom. The van der Waals surface area contributed by atoms with Crippen LogP contribution in [0.25, 0.3) is 0 Å². The lowest BCUT2D eigenvalue weighted by atomic mass is 9.73. The van der Waals surface area contributed by atoms with Gasteiger partial charge in [-0.1, -0.05) is 26.0 Å². The molecule has 146 valence electrons. The normalized spacial score (nSPS) is 26.5. The highest BCUT2D eigenvalue weighted by molar-refractivity contribution is 5.95. The molecule has 2 atom stereocenters. The first-order valence-corrected chi connectivity index (χ1v) is 9.10. The van der Waals surface area contributed by atoms with Crippen molar-refractivity contribution in [2.45, 2.75) is 44.8 Å². The van der Waals surface area contributed by atoms with E-state index in [2.05, 4.69) is 31.3 Å². The fourth-order valence-electron chi connectivity index (χ4n) is 3.62. The SMILES string of the molecule is CC(C)[C@]12C=C[C@](C)(CC1)N(c1ccc(C(=O)NCCO)cc1[N+](=O)[O-])O2. The van der Waals surface area contributed by atoms with Crippen molar-refractivity contribution in [3.8, 4) is 0 Å². The number of amides is 1. The van der Waals surface area contributed by atoms with Gasteiger partial charge in [-0.15, -0.1) is 0 Å². The van der Waals surface area contributed by atoms with Crippen LogP contribution in [0.3, 0.4) is 0 Å². The molecule has 1 aromatic carbocycles. The Morgan fingerprint density at radius 2 is 2.15 bits per heavy atom. The molecule has 0 aromatic heterocycles. The summed E-state index contributed by atoms with van der Waals surface area (Å²) in [5.41, 5.74) is -0.659. The molecule has 4 rings (SSSR count). The number of anilines is 1. The fraction of sp³-hybridized carbons (Fsp3) is 0.526. The third-order valence-corrected chi connectivity index (χ3v) is 5.50. The molecule has 0 spiro atoms. The van der Waals surface area contributed by atoms with Gasteiger partial charge < -0.3 is 10.4 Å². The number of nitro groups is 1. The van der Waals surface area contributed by atoms with Crippen LogP contribution in [0.5, 0.6) is 0 Å². The summed E-state index contributed by atoms with van der Waals surface area (Å²) < 4.78 is 0. The molecule has 2 heterocycles. The smallest absolute Gasteiger partial charge is 0.295 e. The molecule has 2 bridgehead atoms. The van der Waals surface area contributed by atoms with E-state index in [1.807, 2.05) is 6.92 Å². The number of carbonyl (C=O) groups is 1. The minimum absolute atomic E-state index is 0.0867. The molecule has 8 nitrogen and oxygen atoms in total. The van der Waals surface area contributed by atoms with Gasteiger partial charge in [0.05, 0.1) is 17.1 Å². The molecule has 1 aromatic rings. The van der Waals surface area contributed by atoms with Crippen molar-refractivity contribution in [2.24, 2.45) is 5.92 Å². The molecule has 1 amide bonds. The van der Waals surface area contributed by atoms with Crippen molar-refractivity contribution in [1.82, 2.24) is 5.32 Å². The van der Waals surface area contributed by atoms with Crippen molar-refractivity contribution in [3.05, 3.63) is 46.0 Å². The van der Waals surface area contributed by atoms with E-state index in [9.17, 15) is 14.9 Å². The maximum atomic E-state index is 12.1. The molecule has 0 unspecified atom stereocenters. The van der Waals surface area contributed by atoms with Gasteiger partial charge in [-0.25, -0.2) is 5.06 Å². The number of fused-ring (bicyclic) bond motifs is 2. The first-order valence-electron chi connectivity index (χ1n) is 9.10. The Balaban J connectivity index is 2.00. The lowest BCUT2D eigenvalue weighted by Crippen LogP contribution is -2.61. The fourth-order valence-corrected chi connectivity index (χ4v) is 3.62. The molecule has 2 aliphatic heterocycles. The number of hydrogen-bond donors (Lipinski definition) is 2. The van der Waals surface area contributed by atoms with Crippen molar-refractivity contribution in [2.75, 3.05) is 18.2 Å². The van der Waals surface area contributed by atoms with Gasteiger partial charge in [-0.05, 0) is 37.8 Å². The van der Waals surface area contributed by atoms with E-state index >= 15 is 0 Å². The van der Waals surface area contributed by atoms with E-state index in [4.69, 9.17) is 9.94 Å². The molecule has 8 heteroatoms. The van der Waals surface area contributed by atoms with Gasteiger partial charge in [0, 0.05) is 18.2 Å². The van der Waals surface area contributed by atoms with Gasteiger partial charge in [-0.2, -0.15) is 0 Å². The quantitative estimate of drug-likeness (QED) is 0.450. The number of nitrogens with one attached hydrogen (secondary N) is 1. The molecular weight excluding hydrogens is 350 g/mol. The predicted molar refractivity (Wildman–Crippen MR) is 100 cm³/mol. The van der Waals surface area contributed by atoms with Crippen LogP contribution < -0.4 is 10.4 Å². The summed E-state index contributed by atoms with van der Waals surface area (Å²) in [5.74, 6) is -0.256. The summed E-state index contributed by atoms with van der Waals surface area (Å²) in [6.07, 6.45) is 5.80. The summed E-state index contributed by atoms with van der Waals surface area (Å²) >= 11 is 0. The van der Waals surface area contributed by atoms with Crippen molar-refractivity contribution >= 4 is 17.3 Å². The third kappa shape index (κ3) is 3.30. The van der Waals surface area contributed by atoms with Crippen molar-refractivity contribution in [3.63, 3.8) is 0 Å². The number of rotatable bonds is 6. The van der Waals surface area contributed by atoms with E-state index in [0.29, 0.717) is 5.69 Å². The van der Waals surface area contributed by atoms with Crippen LogP contribution in [-0.2, 0) is 4.84 Å². The summed E-state index contributed by atoms with van der Waals surface area (Å²) in [7, 11) is 0. The largest absolute Gasteiger partial charge is 0.395 e. The monoisotopic (exact) mass is 375 g/mol.